The van der Waals surface area contributed by atoms with Crippen LogP contribution in [-0.4, -0.2) is 39.8 Å². The molecule has 6 heteroatoms. The predicted molar refractivity (Wildman–Crippen MR) is 130 cm³/mol. The normalized spacial score (nSPS) is 42.7. The molecule has 8 atom stereocenters. The van der Waals surface area contributed by atoms with E-state index in [9.17, 15) is 14.7 Å². The van der Waals surface area contributed by atoms with Crippen LogP contribution in [0.15, 0.2) is 42.1 Å². The monoisotopic (exact) mass is 471 g/mol. The van der Waals surface area contributed by atoms with Gasteiger partial charge >= 0.3 is 5.97 Å². The average Bonchev–Trinajstić information content (AvgIpc) is 3.17. The third-order valence-electron chi connectivity index (χ3n) is 9.58. The number of carbonyl (C=O) groups excluding carboxylic acids is 2. The number of aliphatic hydroxyl groups is 1. The summed E-state index contributed by atoms with van der Waals surface area (Å²) >= 11 is 1.42. The van der Waals surface area contributed by atoms with Crippen LogP contribution >= 0.6 is 11.8 Å². The molecule has 2 bridgehead atoms. The third kappa shape index (κ3) is 3.87. The minimum absolute atomic E-state index is 0.0253. The molecule has 0 unspecified atom stereocenters. The fourth-order valence-corrected chi connectivity index (χ4v) is 7.94. The molecule has 4 rings (SSSR count). The molecule has 1 aromatic rings. The Labute approximate surface area is 201 Å². The zero-order chi connectivity index (χ0) is 24.0. The Kier molecular flexibility index (Phi) is 6.56. The lowest BCUT2D eigenvalue weighted by molar-refractivity contribution is -0.205. The molecule has 0 radical (unpaired) electrons. The second-order valence-electron chi connectivity index (χ2n) is 11.0. The molecule has 0 saturated heterocycles. The van der Waals surface area contributed by atoms with Crippen LogP contribution in [0.4, 0.5) is 0 Å². The first kappa shape index (κ1) is 24.5. The number of pyridine rings is 1. The molecule has 3 fully saturated rings. The molecule has 180 valence electrons. The summed E-state index contributed by atoms with van der Waals surface area (Å²) in [5, 5.41) is 11.6. The molecule has 33 heavy (non-hydrogen) atoms. The van der Waals surface area contributed by atoms with Crippen molar-refractivity contribution in [2.75, 3.05) is 5.75 Å². The molecule has 3 aliphatic rings. The van der Waals surface area contributed by atoms with Crippen LogP contribution < -0.4 is 0 Å². The van der Waals surface area contributed by atoms with Gasteiger partial charge in [-0.25, -0.2) is 0 Å². The van der Waals surface area contributed by atoms with Gasteiger partial charge in [0.25, 0.3) is 0 Å². The molecule has 0 aromatic carbocycles. The molecule has 5 nitrogen and oxygen atoms in total. The van der Waals surface area contributed by atoms with Crippen LogP contribution in [-0.2, 0) is 14.3 Å². The lowest BCUT2D eigenvalue weighted by Crippen LogP contribution is -2.63. The van der Waals surface area contributed by atoms with E-state index in [-0.39, 0.29) is 40.7 Å². The molecule has 0 amide bonds. The van der Waals surface area contributed by atoms with Gasteiger partial charge in [0, 0.05) is 40.5 Å². The molecular weight excluding hydrogens is 434 g/mol. The van der Waals surface area contributed by atoms with E-state index in [4.69, 9.17) is 4.74 Å². The van der Waals surface area contributed by atoms with E-state index in [1.807, 2.05) is 25.1 Å². The van der Waals surface area contributed by atoms with E-state index in [0.29, 0.717) is 12.8 Å². The molecule has 1 N–H and O–H groups in total. The number of carbonyl (C=O) groups is 2. The Morgan fingerprint density at radius 2 is 2.00 bits per heavy atom. The SMILES string of the molecule is C=C[C@]1(C)C[C@@H](OC(=O)CSc2ccncc2)[C@]2(C)[C@H](C)CC[C@]3(CCC(=O)[C@H]32)[C@@H](C)[C@@H]1O. The second-order valence-corrected chi connectivity index (χ2v) is 12.1. The van der Waals surface area contributed by atoms with Crippen LogP contribution in [0.25, 0.3) is 0 Å². The highest BCUT2D eigenvalue weighted by molar-refractivity contribution is 8.00. The van der Waals surface area contributed by atoms with Crippen LogP contribution in [0.1, 0.15) is 59.8 Å². The van der Waals surface area contributed by atoms with Gasteiger partial charge < -0.3 is 9.84 Å². The summed E-state index contributed by atoms with van der Waals surface area (Å²) in [4.78, 5) is 31.5. The van der Waals surface area contributed by atoms with Crippen molar-refractivity contribution in [1.82, 2.24) is 4.98 Å². The minimum atomic E-state index is -0.645. The summed E-state index contributed by atoms with van der Waals surface area (Å²) < 4.78 is 6.26. The number of thioether (sulfide) groups is 1. The number of rotatable bonds is 5. The minimum Gasteiger partial charge on any atom is -0.461 e. The Balaban J connectivity index is 1.70. The van der Waals surface area contributed by atoms with Crippen molar-refractivity contribution in [3.05, 3.63) is 37.2 Å². The van der Waals surface area contributed by atoms with Gasteiger partial charge in [0.1, 0.15) is 11.9 Å². The van der Waals surface area contributed by atoms with Gasteiger partial charge in [-0.3, -0.25) is 14.6 Å². The fraction of sp³-hybridized carbons (Fsp3) is 0.667. The van der Waals surface area contributed by atoms with Crippen LogP contribution in [0.3, 0.4) is 0 Å². The summed E-state index contributed by atoms with van der Waals surface area (Å²) in [5.74, 6) is 0.197. The number of ketones is 1. The second kappa shape index (κ2) is 8.84. The van der Waals surface area contributed by atoms with Crippen molar-refractivity contribution in [3.8, 4) is 0 Å². The number of nitrogens with zero attached hydrogens (tertiary/aromatic N) is 1. The van der Waals surface area contributed by atoms with E-state index < -0.39 is 23.0 Å². The molecule has 0 spiro atoms. The summed E-state index contributed by atoms with van der Waals surface area (Å²) in [6.07, 6.45) is 7.87. The number of hydrogen-bond donors (Lipinski definition) is 1. The van der Waals surface area contributed by atoms with Crippen LogP contribution in [0.2, 0.25) is 0 Å². The molecule has 1 aromatic heterocycles. The van der Waals surface area contributed by atoms with E-state index >= 15 is 0 Å². The van der Waals surface area contributed by atoms with Gasteiger partial charge in [-0.15, -0.1) is 18.3 Å². The highest BCUT2D eigenvalue weighted by Crippen LogP contribution is 2.68. The highest BCUT2D eigenvalue weighted by atomic mass is 32.2. The molecule has 3 saturated carbocycles. The maximum absolute atomic E-state index is 13.4. The van der Waals surface area contributed by atoms with Gasteiger partial charge in [0.05, 0.1) is 11.9 Å². The maximum atomic E-state index is 13.4. The molecule has 1 heterocycles. The lowest BCUT2D eigenvalue weighted by atomic mass is 9.44. The average molecular weight is 472 g/mol. The standard InChI is InChI=1S/C27H37NO4S/c1-6-25(4)15-21(32-22(30)16-33-19-9-13-28-14-10-19)26(5)17(2)7-11-27(18(3)24(25)31)12-8-20(29)23(26)27/h6,9-10,13-14,17-18,21,23-24,31H,1,7-8,11-12,15-16H2,2-5H3/t17-,18+,21-,23+,24+,25-,26+,27+/m1/s1. The predicted octanol–water partition coefficient (Wildman–Crippen LogP) is 5.08. The Morgan fingerprint density at radius 3 is 2.67 bits per heavy atom. The number of esters is 1. The number of ether oxygens (including phenoxy) is 1. The third-order valence-corrected chi connectivity index (χ3v) is 10.6. The Morgan fingerprint density at radius 1 is 1.30 bits per heavy atom. The summed E-state index contributed by atoms with van der Waals surface area (Å²) in [5.41, 5.74) is -1.33. The summed E-state index contributed by atoms with van der Waals surface area (Å²) in [6.45, 7) is 12.6. The number of aromatic nitrogens is 1. The van der Waals surface area contributed by atoms with Crippen LogP contribution in [0, 0.1) is 34.0 Å². The van der Waals surface area contributed by atoms with Gasteiger partial charge in [0.2, 0.25) is 0 Å². The van der Waals surface area contributed by atoms with Gasteiger partial charge in [-0.2, -0.15) is 0 Å². The molecular formula is C27H37NO4S. The zero-order valence-corrected chi connectivity index (χ0v) is 21.1. The first-order valence-corrected chi connectivity index (χ1v) is 13.1. The van der Waals surface area contributed by atoms with Gasteiger partial charge in [0.15, 0.2) is 0 Å². The summed E-state index contributed by atoms with van der Waals surface area (Å²) in [6, 6.07) is 3.74. The quantitative estimate of drug-likeness (QED) is 0.367. The smallest absolute Gasteiger partial charge is 0.316 e. The maximum Gasteiger partial charge on any atom is 0.316 e. The van der Waals surface area contributed by atoms with Crippen molar-refractivity contribution in [2.24, 2.45) is 34.0 Å². The zero-order valence-electron chi connectivity index (χ0n) is 20.3. The Bertz CT molecular complexity index is 922. The van der Waals surface area contributed by atoms with Gasteiger partial charge in [-0.05, 0) is 55.1 Å². The van der Waals surface area contributed by atoms with Crippen molar-refractivity contribution in [1.29, 1.82) is 0 Å². The largest absolute Gasteiger partial charge is 0.461 e. The van der Waals surface area contributed by atoms with Crippen LogP contribution in [0.5, 0.6) is 0 Å². The van der Waals surface area contributed by atoms with Gasteiger partial charge in [-0.1, -0.05) is 33.8 Å². The summed E-state index contributed by atoms with van der Waals surface area (Å²) in [7, 11) is 0. The molecule has 0 aliphatic heterocycles. The van der Waals surface area contributed by atoms with Crippen molar-refractivity contribution >= 4 is 23.5 Å². The first-order chi connectivity index (χ1) is 15.6. The van der Waals surface area contributed by atoms with Crippen molar-refractivity contribution in [2.45, 2.75) is 76.9 Å². The number of aliphatic hydroxyl groups excluding tert-OH is 1. The van der Waals surface area contributed by atoms with E-state index in [1.54, 1.807) is 12.4 Å². The number of Topliss-reactive ketones (excluding diaryl/α,β-unsaturated/α-hetero) is 1. The first-order valence-electron chi connectivity index (χ1n) is 12.1. The number of hydrogen-bond acceptors (Lipinski definition) is 6. The lowest BCUT2D eigenvalue weighted by Gasteiger charge is -2.61. The Hall–Kier alpha value is -1.66. The topological polar surface area (TPSA) is 76.5 Å². The highest BCUT2D eigenvalue weighted by Gasteiger charge is 2.68. The van der Waals surface area contributed by atoms with E-state index in [0.717, 1.165) is 24.2 Å². The van der Waals surface area contributed by atoms with E-state index in [1.165, 1.54) is 11.8 Å². The van der Waals surface area contributed by atoms with Crippen molar-refractivity contribution < 1.29 is 19.4 Å². The fourth-order valence-electron chi connectivity index (χ4n) is 7.27. The molecule has 3 aliphatic carbocycles. The van der Waals surface area contributed by atoms with Crippen molar-refractivity contribution in [3.63, 3.8) is 0 Å². The van der Waals surface area contributed by atoms with E-state index in [2.05, 4.69) is 32.3 Å².